The van der Waals surface area contributed by atoms with Gasteiger partial charge in [0.1, 0.15) is 11.5 Å². The van der Waals surface area contributed by atoms with Crippen molar-refractivity contribution >= 4 is 0 Å². The summed E-state index contributed by atoms with van der Waals surface area (Å²) in [6.45, 7) is 0. The Balaban J connectivity index is 0.851. The lowest BCUT2D eigenvalue weighted by Crippen LogP contribution is -2.38. The third kappa shape index (κ3) is 4.74. The number of aromatic nitrogens is 3. The molecule has 8 aromatic rings. The molecule has 1 spiro atoms. The number of hydrogen-bond acceptors (Lipinski definition) is 4. The van der Waals surface area contributed by atoms with Crippen molar-refractivity contribution in [2.24, 2.45) is 35.5 Å². The van der Waals surface area contributed by atoms with Crippen molar-refractivity contribution in [3.05, 3.63) is 198 Å². The Morgan fingerprint density at radius 3 is 1.61 bits per heavy atom. The number of ether oxygens (including phenoxy) is 1. The number of benzene rings is 7. The van der Waals surface area contributed by atoms with E-state index in [1.807, 2.05) is 6.07 Å². The lowest BCUT2D eigenvalue weighted by Gasteiger charge is -2.45. The van der Waals surface area contributed by atoms with Crippen LogP contribution in [0.15, 0.2) is 170 Å². The maximum absolute atomic E-state index is 6.57. The minimum Gasteiger partial charge on any atom is -0.457 e. The highest BCUT2D eigenvalue weighted by Gasteiger charge is 2.64. The standard InChI is InChI=1S/C57H43N3O/c1-2-11-35(12-3-1)54-58-55(60-56(59-54)37-27-23-34(24-28-37)42-32-45-44-31-39-29-38(52(39)45)30-43(42)44)36-25-21-33(22-26-36)40-14-10-18-49-53(40)41-13-4-5-15-46(41)57(49)47-16-6-8-19-50(47)61-51-20-9-7-17-48(51)57/h1-28,38-39,42-45,52H,29-32H2/t38-,39?,42?,43?,44?,45?,52?/m0/s1. The summed E-state index contributed by atoms with van der Waals surface area (Å²) in [5.74, 6) is 10.5. The Bertz CT molecular complexity index is 3020. The minimum atomic E-state index is -0.503. The molecule has 1 aromatic heterocycles. The van der Waals surface area contributed by atoms with Gasteiger partial charge < -0.3 is 4.74 Å². The molecule has 6 unspecified atom stereocenters. The van der Waals surface area contributed by atoms with Gasteiger partial charge in [0.25, 0.3) is 0 Å². The first-order valence-corrected chi connectivity index (χ1v) is 22.3. The van der Waals surface area contributed by atoms with Gasteiger partial charge >= 0.3 is 0 Å². The van der Waals surface area contributed by atoms with E-state index in [1.165, 1.54) is 70.2 Å². The van der Waals surface area contributed by atoms with E-state index in [4.69, 9.17) is 19.7 Å². The minimum absolute atomic E-state index is 0.503. The van der Waals surface area contributed by atoms with Crippen LogP contribution >= 0.6 is 0 Å². The maximum atomic E-state index is 6.57. The van der Waals surface area contributed by atoms with E-state index < -0.39 is 5.41 Å². The first kappa shape index (κ1) is 34.1. The predicted molar refractivity (Wildman–Crippen MR) is 241 cm³/mol. The number of rotatable bonds is 5. The molecule has 0 amide bonds. The highest BCUT2D eigenvalue weighted by Crippen LogP contribution is 2.72. The molecule has 4 heteroatoms. The van der Waals surface area contributed by atoms with Crippen LogP contribution in [0.25, 0.3) is 56.4 Å². The van der Waals surface area contributed by atoms with Crippen LogP contribution in [0, 0.1) is 35.5 Å². The van der Waals surface area contributed by atoms with Gasteiger partial charge in [0.15, 0.2) is 17.5 Å². The second kappa shape index (κ2) is 12.7. The van der Waals surface area contributed by atoms with Crippen molar-refractivity contribution in [3.8, 4) is 67.9 Å². The SMILES string of the molecule is c1ccc(-c2nc(-c3ccc(-c4cccc5c4-c4ccccc4C54c5ccccc5Oc5ccccc54)cc3)nc(-c3ccc(C4CC5C6CC7C[C@@H](CC46)C75)cc3)n2)cc1. The van der Waals surface area contributed by atoms with Gasteiger partial charge in [0.2, 0.25) is 0 Å². The molecule has 5 aliphatic carbocycles. The summed E-state index contributed by atoms with van der Waals surface area (Å²) in [4.78, 5) is 15.4. The van der Waals surface area contributed by atoms with Crippen LogP contribution in [-0.4, -0.2) is 15.0 Å². The summed E-state index contributed by atoms with van der Waals surface area (Å²) in [7, 11) is 0. The Hall–Kier alpha value is -6.65. The zero-order valence-corrected chi connectivity index (χ0v) is 33.8. The van der Waals surface area contributed by atoms with Crippen LogP contribution in [-0.2, 0) is 5.41 Å². The lowest BCUT2D eigenvalue weighted by atomic mass is 9.60. The largest absolute Gasteiger partial charge is 0.457 e. The van der Waals surface area contributed by atoms with E-state index in [1.54, 1.807) is 0 Å². The molecule has 1 aliphatic heterocycles. The van der Waals surface area contributed by atoms with Gasteiger partial charge in [-0.3, -0.25) is 0 Å². The smallest absolute Gasteiger partial charge is 0.164 e. The molecule has 6 aliphatic rings. The summed E-state index contributed by atoms with van der Waals surface area (Å²) in [6.07, 6.45) is 5.87. The Morgan fingerprint density at radius 2 is 0.918 bits per heavy atom. The summed E-state index contributed by atoms with van der Waals surface area (Å²) >= 11 is 0. The Morgan fingerprint density at radius 1 is 0.393 bits per heavy atom. The fourth-order valence-electron chi connectivity index (χ4n) is 13.7. The number of nitrogens with zero attached hydrogens (tertiary/aromatic N) is 3. The fourth-order valence-corrected chi connectivity index (χ4v) is 13.7. The molecule has 4 saturated carbocycles. The fraction of sp³-hybridized carbons (Fsp3) is 0.211. The predicted octanol–water partition coefficient (Wildman–Crippen LogP) is 13.4. The first-order valence-electron chi connectivity index (χ1n) is 22.3. The van der Waals surface area contributed by atoms with Crippen molar-refractivity contribution in [2.45, 2.75) is 37.0 Å². The van der Waals surface area contributed by atoms with Crippen LogP contribution in [0.4, 0.5) is 0 Å². The Kier molecular flexibility index (Phi) is 7.09. The summed E-state index contributed by atoms with van der Waals surface area (Å²) in [6, 6.07) is 61.3. The number of para-hydroxylation sites is 2. The molecular weight excluding hydrogens is 743 g/mol. The highest BCUT2D eigenvalue weighted by molar-refractivity contribution is 5.96. The average molecular weight is 786 g/mol. The van der Waals surface area contributed by atoms with E-state index in [9.17, 15) is 0 Å². The normalized spacial score (nSPS) is 24.9. The van der Waals surface area contributed by atoms with E-state index in [0.29, 0.717) is 23.4 Å². The first-order chi connectivity index (χ1) is 30.2. The molecule has 4 bridgehead atoms. The van der Waals surface area contributed by atoms with Crippen molar-refractivity contribution < 1.29 is 4.74 Å². The van der Waals surface area contributed by atoms with E-state index >= 15 is 0 Å². The molecule has 61 heavy (non-hydrogen) atoms. The van der Waals surface area contributed by atoms with Crippen LogP contribution in [0.5, 0.6) is 11.5 Å². The van der Waals surface area contributed by atoms with Crippen LogP contribution in [0.3, 0.4) is 0 Å². The maximum Gasteiger partial charge on any atom is 0.164 e. The molecule has 2 heterocycles. The summed E-state index contributed by atoms with van der Waals surface area (Å²) < 4.78 is 6.57. The zero-order valence-electron chi connectivity index (χ0n) is 33.8. The van der Waals surface area contributed by atoms with Gasteiger partial charge in [-0.25, -0.2) is 15.0 Å². The van der Waals surface area contributed by atoms with Gasteiger partial charge in [-0.15, -0.1) is 0 Å². The van der Waals surface area contributed by atoms with Gasteiger partial charge in [-0.1, -0.05) is 158 Å². The van der Waals surface area contributed by atoms with E-state index in [-0.39, 0.29) is 0 Å². The molecule has 0 saturated heterocycles. The zero-order chi connectivity index (χ0) is 39.8. The van der Waals surface area contributed by atoms with Crippen molar-refractivity contribution in [1.29, 1.82) is 0 Å². The van der Waals surface area contributed by atoms with Gasteiger partial charge in [0, 0.05) is 27.8 Å². The third-order valence-corrected chi connectivity index (χ3v) is 16.1. The van der Waals surface area contributed by atoms with Gasteiger partial charge in [-0.05, 0) is 118 Å². The Labute approximate surface area is 356 Å². The lowest BCUT2D eigenvalue weighted by molar-refractivity contribution is 0.0376. The number of hydrogen-bond donors (Lipinski definition) is 0. The second-order valence-corrected chi connectivity index (χ2v) is 18.6. The number of fused-ring (bicyclic) bond motifs is 9. The second-order valence-electron chi connectivity index (χ2n) is 18.6. The molecule has 292 valence electrons. The topological polar surface area (TPSA) is 47.9 Å². The molecular formula is C57H43N3O. The highest BCUT2D eigenvalue weighted by atomic mass is 16.5. The molecule has 0 radical (unpaired) electrons. The van der Waals surface area contributed by atoms with Crippen LogP contribution < -0.4 is 4.74 Å². The summed E-state index contributed by atoms with van der Waals surface area (Å²) in [5, 5.41) is 0. The van der Waals surface area contributed by atoms with Gasteiger partial charge in [-0.2, -0.15) is 0 Å². The van der Waals surface area contributed by atoms with Crippen molar-refractivity contribution in [3.63, 3.8) is 0 Å². The van der Waals surface area contributed by atoms with Crippen molar-refractivity contribution in [2.75, 3.05) is 0 Å². The van der Waals surface area contributed by atoms with Crippen molar-refractivity contribution in [1.82, 2.24) is 15.0 Å². The van der Waals surface area contributed by atoms with E-state index in [2.05, 4.69) is 164 Å². The molecule has 4 fully saturated rings. The van der Waals surface area contributed by atoms with Crippen LogP contribution in [0.1, 0.15) is 59.4 Å². The molecule has 4 nitrogen and oxygen atoms in total. The quantitative estimate of drug-likeness (QED) is 0.174. The molecule has 7 aromatic carbocycles. The van der Waals surface area contributed by atoms with Gasteiger partial charge in [0.05, 0.1) is 5.41 Å². The summed E-state index contributed by atoms with van der Waals surface area (Å²) in [5.41, 5.74) is 13.8. The molecule has 0 N–H and O–H groups in total. The van der Waals surface area contributed by atoms with E-state index in [0.717, 1.165) is 69.3 Å². The third-order valence-electron chi connectivity index (χ3n) is 16.1. The molecule has 14 rings (SSSR count). The molecule has 7 atom stereocenters. The average Bonchev–Trinajstić information content (AvgIpc) is 3.75. The monoisotopic (exact) mass is 785 g/mol. The van der Waals surface area contributed by atoms with Crippen LogP contribution in [0.2, 0.25) is 0 Å².